The molecule has 0 aliphatic heterocycles. The fraction of sp³-hybridized carbons (Fsp3) is 0.0476. The van der Waals surface area contributed by atoms with Crippen LogP contribution in [0, 0.1) is 0 Å². The number of hydrogen-bond acceptors (Lipinski definition) is 5. The number of aromatic nitrogens is 2. The van der Waals surface area contributed by atoms with Crippen LogP contribution in [0.2, 0.25) is 5.15 Å². The van der Waals surface area contributed by atoms with Crippen LogP contribution in [0.3, 0.4) is 0 Å². The van der Waals surface area contributed by atoms with E-state index in [0.29, 0.717) is 5.75 Å². The van der Waals surface area contributed by atoms with Gasteiger partial charge < -0.3 is 4.74 Å². The third-order valence-corrected chi connectivity index (χ3v) is 6.07. The molecule has 0 aliphatic carbocycles. The first-order chi connectivity index (χ1) is 14.0. The van der Waals surface area contributed by atoms with Gasteiger partial charge in [-0.2, -0.15) is 0 Å². The first-order valence-electron chi connectivity index (χ1n) is 8.64. The molecule has 4 rings (SSSR count). The van der Waals surface area contributed by atoms with E-state index in [4.69, 9.17) is 16.3 Å². The molecule has 0 saturated carbocycles. The second kappa shape index (κ2) is 7.69. The molecular formula is C21H16ClN3O3S. The second-order valence-electron chi connectivity index (χ2n) is 6.25. The van der Waals surface area contributed by atoms with Gasteiger partial charge in [0.05, 0.1) is 23.2 Å². The third-order valence-electron chi connectivity index (χ3n) is 4.39. The molecule has 0 bridgehead atoms. The summed E-state index contributed by atoms with van der Waals surface area (Å²) in [5, 5.41) is 1.04. The molecule has 0 atom stereocenters. The number of rotatable bonds is 5. The molecule has 8 heteroatoms. The Morgan fingerprint density at radius 1 is 0.966 bits per heavy atom. The Balaban J connectivity index is 1.68. The van der Waals surface area contributed by atoms with Crippen LogP contribution in [0.1, 0.15) is 0 Å². The van der Waals surface area contributed by atoms with Gasteiger partial charge in [-0.25, -0.2) is 13.4 Å². The predicted molar refractivity (Wildman–Crippen MR) is 114 cm³/mol. The summed E-state index contributed by atoms with van der Waals surface area (Å²) < 4.78 is 33.0. The van der Waals surface area contributed by atoms with Gasteiger partial charge in [0.15, 0.2) is 5.15 Å². The van der Waals surface area contributed by atoms with E-state index < -0.39 is 10.0 Å². The average Bonchev–Trinajstić information content (AvgIpc) is 2.75. The number of ether oxygens (including phenoxy) is 1. The monoisotopic (exact) mass is 425 g/mol. The van der Waals surface area contributed by atoms with Crippen LogP contribution in [0.4, 0.5) is 5.69 Å². The molecule has 146 valence electrons. The van der Waals surface area contributed by atoms with E-state index in [1.54, 1.807) is 30.6 Å². The minimum absolute atomic E-state index is 0.0632. The van der Waals surface area contributed by atoms with Gasteiger partial charge in [0.2, 0.25) is 0 Å². The van der Waals surface area contributed by atoms with Gasteiger partial charge in [-0.15, -0.1) is 0 Å². The molecule has 4 aromatic rings. The van der Waals surface area contributed by atoms with Crippen LogP contribution >= 0.6 is 11.6 Å². The number of methoxy groups -OCH3 is 1. The van der Waals surface area contributed by atoms with Crippen molar-refractivity contribution < 1.29 is 13.2 Å². The van der Waals surface area contributed by atoms with Gasteiger partial charge in [-0.05, 0) is 54.1 Å². The Morgan fingerprint density at radius 2 is 1.76 bits per heavy atom. The molecule has 2 aromatic carbocycles. The highest BCUT2D eigenvalue weighted by Gasteiger charge is 2.17. The zero-order valence-electron chi connectivity index (χ0n) is 15.3. The molecule has 1 N–H and O–H groups in total. The average molecular weight is 426 g/mol. The van der Waals surface area contributed by atoms with Crippen molar-refractivity contribution in [2.75, 3.05) is 11.8 Å². The lowest BCUT2D eigenvalue weighted by atomic mass is 10.0. The van der Waals surface area contributed by atoms with E-state index in [1.165, 1.54) is 19.2 Å². The summed E-state index contributed by atoms with van der Waals surface area (Å²) in [5.74, 6) is 0.566. The Kier molecular flexibility index (Phi) is 5.08. The van der Waals surface area contributed by atoms with Crippen molar-refractivity contribution in [1.29, 1.82) is 0 Å². The molecule has 0 spiro atoms. The molecule has 29 heavy (non-hydrogen) atoms. The summed E-state index contributed by atoms with van der Waals surface area (Å²) in [6, 6.07) is 17.3. The van der Waals surface area contributed by atoms with Crippen LogP contribution in [0.5, 0.6) is 5.75 Å². The number of sulfonamides is 1. The number of halogens is 1. The van der Waals surface area contributed by atoms with Gasteiger partial charge in [-0.1, -0.05) is 23.7 Å². The highest BCUT2D eigenvalue weighted by molar-refractivity contribution is 7.92. The van der Waals surface area contributed by atoms with Crippen LogP contribution in [0.15, 0.2) is 78.0 Å². The minimum Gasteiger partial charge on any atom is -0.497 e. The van der Waals surface area contributed by atoms with Crippen LogP contribution < -0.4 is 9.46 Å². The van der Waals surface area contributed by atoms with E-state index >= 15 is 0 Å². The summed E-state index contributed by atoms with van der Waals surface area (Å²) in [6.07, 6.45) is 3.34. The van der Waals surface area contributed by atoms with E-state index in [9.17, 15) is 8.42 Å². The fourth-order valence-electron chi connectivity index (χ4n) is 2.89. The Bertz CT molecular complexity index is 1290. The van der Waals surface area contributed by atoms with E-state index in [-0.39, 0.29) is 15.7 Å². The molecule has 0 unspecified atom stereocenters. The summed E-state index contributed by atoms with van der Waals surface area (Å²) in [6.45, 7) is 0. The topological polar surface area (TPSA) is 81.2 Å². The van der Waals surface area contributed by atoms with Crippen molar-refractivity contribution in [3.05, 3.63) is 78.2 Å². The maximum Gasteiger partial charge on any atom is 0.261 e. The van der Waals surface area contributed by atoms with Gasteiger partial charge in [0.1, 0.15) is 5.75 Å². The smallest absolute Gasteiger partial charge is 0.261 e. The van der Waals surface area contributed by atoms with Gasteiger partial charge in [0.25, 0.3) is 10.0 Å². The van der Waals surface area contributed by atoms with E-state index in [0.717, 1.165) is 22.0 Å². The highest BCUT2D eigenvalue weighted by Crippen LogP contribution is 2.30. The Morgan fingerprint density at radius 3 is 2.52 bits per heavy atom. The molecule has 0 fully saturated rings. The number of benzene rings is 2. The van der Waals surface area contributed by atoms with Crippen LogP contribution in [-0.2, 0) is 10.0 Å². The molecule has 0 aliphatic rings. The van der Waals surface area contributed by atoms with Crippen molar-refractivity contribution >= 4 is 38.2 Å². The minimum atomic E-state index is -3.83. The maximum absolute atomic E-state index is 12.7. The lowest BCUT2D eigenvalue weighted by molar-refractivity contribution is 0.414. The molecule has 6 nitrogen and oxygen atoms in total. The molecular weight excluding hydrogens is 410 g/mol. The number of hydrogen-bond donors (Lipinski definition) is 1. The van der Waals surface area contributed by atoms with Crippen molar-refractivity contribution in [3.63, 3.8) is 0 Å². The quantitative estimate of drug-likeness (QED) is 0.466. The lowest BCUT2D eigenvalue weighted by Gasteiger charge is -2.11. The standard InChI is InChI=1S/C21H16ClN3O3S/c1-28-17-5-7-18(8-6-17)29(26,27)25-20-12-16(13-24-21(20)22)14-4-9-19-15(11-14)3-2-10-23-19/h2-13,25H,1H3. The number of fused-ring (bicyclic) bond motifs is 1. The number of nitrogens with one attached hydrogen (secondary N) is 1. The second-order valence-corrected chi connectivity index (χ2v) is 8.29. The Labute approximate surface area is 173 Å². The van der Waals surface area contributed by atoms with Crippen molar-refractivity contribution in [2.45, 2.75) is 4.90 Å². The fourth-order valence-corrected chi connectivity index (χ4v) is 4.16. The van der Waals surface area contributed by atoms with Crippen LogP contribution in [0.25, 0.3) is 22.0 Å². The number of nitrogens with zero attached hydrogens (tertiary/aromatic N) is 2. The normalized spacial score (nSPS) is 11.4. The maximum atomic E-state index is 12.7. The first-order valence-corrected chi connectivity index (χ1v) is 10.5. The van der Waals surface area contributed by atoms with Crippen LogP contribution in [-0.4, -0.2) is 25.5 Å². The van der Waals surface area contributed by atoms with E-state index in [1.807, 2.05) is 30.3 Å². The molecule has 0 amide bonds. The summed E-state index contributed by atoms with van der Waals surface area (Å²) >= 11 is 6.15. The van der Waals surface area contributed by atoms with Gasteiger partial charge >= 0.3 is 0 Å². The SMILES string of the molecule is COc1ccc(S(=O)(=O)Nc2cc(-c3ccc4ncccc4c3)cnc2Cl)cc1. The van der Waals surface area contributed by atoms with E-state index in [2.05, 4.69) is 14.7 Å². The molecule has 0 saturated heterocycles. The lowest BCUT2D eigenvalue weighted by Crippen LogP contribution is -2.13. The zero-order chi connectivity index (χ0) is 20.4. The number of anilines is 1. The predicted octanol–water partition coefficient (Wildman–Crippen LogP) is 4.76. The van der Waals surface area contributed by atoms with Gasteiger partial charge in [-0.3, -0.25) is 9.71 Å². The van der Waals surface area contributed by atoms with Crippen molar-refractivity contribution in [3.8, 4) is 16.9 Å². The number of pyridine rings is 2. The summed E-state index contributed by atoms with van der Waals surface area (Å²) in [7, 11) is -2.32. The third kappa shape index (κ3) is 4.01. The van der Waals surface area contributed by atoms with Crippen molar-refractivity contribution in [2.24, 2.45) is 0 Å². The Hall–Kier alpha value is -3.16. The summed E-state index contributed by atoms with van der Waals surface area (Å²) in [4.78, 5) is 8.54. The molecule has 0 radical (unpaired) electrons. The molecule has 2 aromatic heterocycles. The highest BCUT2D eigenvalue weighted by atomic mass is 35.5. The van der Waals surface area contributed by atoms with Crippen molar-refractivity contribution in [1.82, 2.24) is 9.97 Å². The largest absolute Gasteiger partial charge is 0.497 e. The van der Waals surface area contributed by atoms with Gasteiger partial charge in [0, 0.05) is 23.3 Å². The molecule has 2 heterocycles. The first kappa shape index (κ1) is 19.2. The zero-order valence-corrected chi connectivity index (χ0v) is 16.9. The summed E-state index contributed by atoms with van der Waals surface area (Å²) in [5.41, 5.74) is 2.68.